The van der Waals surface area contributed by atoms with Crippen molar-refractivity contribution in [2.24, 2.45) is 17.8 Å². The molecule has 102 valence electrons. The van der Waals surface area contributed by atoms with Gasteiger partial charge in [0.15, 0.2) is 0 Å². The number of rotatable bonds is 3. The molecule has 0 aliphatic carbocycles. The van der Waals surface area contributed by atoms with Crippen molar-refractivity contribution >= 4 is 0 Å². The van der Waals surface area contributed by atoms with Crippen LogP contribution >= 0.6 is 0 Å². The Morgan fingerprint density at radius 3 is 2.24 bits per heavy atom. The molecule has 2 heterocycles. The Balaban J connectivity index is 0.000000686. The molecular formula is C15H32N2. The molecule has 0 aromatic heterocycles. The largest absolute Gasteiger partial charge is 0.316 e. The fourth-order valence-corrected chi connectivity index (χ4v) is 3.04. The van der Waals surface area contributed by atoms with E-state index in [-0.39, 0.29) is 0 Å². The highest BCUT2D eigenvalue weighted by atomic mass is 15.1. The van der Waals surface area contributed by atoms with E-state index in [4.69, 9.17) is 0 Å². The van der Waals surface area contributed by atoms with Crippen molar-refractivity contribution in [3.05, 3.63) is 0 Å². The Morgan fingerprint density at radius 2 is 1.76 bits per heavy atom. The highest BCUT2D eigenvalue weighted by molar-refractivity contribution is 4.79. The lowest BCUT2D eigenvalue weighted by Crippen LogP contribution is -2.38. The molecule has 1 N–H and O–H groups in total. The van der Waals surface area contributed by atoms with Crippen LogP contribution in [0.4, 0.5) is 0 Å². The first kappa shape index (κ1) is 15.0. The van der Waals surface area contributed by atoms with E-state index in [1.54, 1.807) is 0 Å². The van der Waals surface area contributed by atoms with Gasteiger partial charge in [-0.15, -0.1) is 0 Å². The number of nitrogens with one attached hydrogen (secondary N) is 1. The van der Waals surface area contributed by atoms with E-state index < -0.39 is 0 Å². The first-order valence-corrected chi connectivity index (χ1v) is 7.69. The molecular weight excluding hydrogens is 208 g/mol. The van der Waals surface area contributed by atoms with E-state index >= 15 is 0 Å². The summed E-state index contributed by atoms with van der Waals surface area (Å²) in [6, 6.07) is 0. The van der Waals surface area contributed by atoms with Crippen LogP contribution in [0.25, 0.3) is 0 Å². The smallest absolute Gasteiger partial charge is 0.00223 e. The molecule has 2 heteroatoms. The molecule has 2 saturated heterocycles. The first-order valence-electron chi connectivity index (χ1n) is 7.69. The lowest BCUT2D eigenvalue weighted by Gasteiger charge is -2.35. The monoisotopic (exact) mass is 240 g/mol. The summed E-state index contributed by atoms with van der Waals surface area (Å²) in [7, 11) is 0. The van der Waals surface area contributed by atoms with Crippen LogP contribution in [0, 0.1) is 17.8 Å². The van der Waals surface area contributed by atoms with Gasteiger partial charge in [0.1, 0.15) is 0 Å². The maximum Gasteiger partial charge on any atom is 0.00223 e. The second-order valence-corrected chi connectivity index (χ2v) is 5.74. The molecule has 0 aromatic rings. The molecule has 17 heavy (non-hydrogen) atoms. The predicted molar refractivity (Wildman–Crippen MR) is 76.3 cm³/mol. The normalized spacial score (nSPS) is 27.0. The predicted octanol–water partition coefficient (Wildman–Crippen LogP) is 2.99. The molecule has 1 atom stereocenters. The van der Waals surface area contributed by atoms with Crippen LogP contribution in [-0.2, 0) is 0 Å². The summed E-state index contributed by atoms with van der Waals surface area (Å²) in [6.45, 7) is 15.3. The summed E-state index contributed by atoms with van der Waals surface area (Å²) >= 11 is 0. The van der Waals surface area contributed by atoms with E-state index in [1.165, 1.54) is 52.0 Å². The Bertz CT molecular complexity index is 177. The number of nitrogens with zero attached hydrogens (tertiary/aromatic N) is 1. The van der Waals surface area contributed by atoms with Crippen LogP contribution in [0.2, 0.25) is 0 Å². The van der Waals surface area contributed by atoms with Gasteiger partial charge in [0.25, 0.3) is 0 Å². The minimum atomic E-state index is 0.889. The molecule has 0 spiro atoms. The third kappa shape index (κ3) is 4.97. The maximum atomic E-state index is 3.46. The average Bonchev–Trinajstić information content (AvgIpc) is 2.85. The average molecular weight is 240 g/mol. The van der Waals surface area contributed by atoms with Gasteiger partial charge in [-0.3, -0.25) is 0 Å². The molecule has 0 saturated carbocycles. The fourth-order valence-electron chi connectivity index (χ4n) is 3.04. The number of likely N-dealkylation sites (tertiary alicyclic amines) is 1. The van der Waals surface area contributed by atoms with E-state index in [2.05, 4.69) is 24.1 Å². The molecule has 2 rings (SSSR count). The second kappa shape index (κ2) is 8.10. The van der Waals surface area contributed by atoms with E-state index in [1.807, 2.05) is 13.8 Å². The molecule has 0 unspecified atom stereocenters. The molecule has 2 nitrogen and oxygen atoms in total. The molecule has 2 fully saturated rings. The molecule has 0 amide bonds. The van der Waals surface area contributed by atoms with E-state index in [9.17, 15) is 0 Å². The zero-order valence-electron chi connectivity index (χ0n) is 12.3. The quantitative estimate of drug-likeness (QED) is 0.816. The number of hydrogen-bond donors (Lipinski definition) is 1. The third-order valence-electron chi connectivity index (χ3n) is 4.25. The first-order chi connectivity index (χ1) is 8.25. The van der Waals surface area contributed by atoms with Crippen molar-refractivity contribution in [2.75, 3.05) is 32.7 Å². The summed E-state index contributed by atoms with van der Waals surface area (Å²) < 4.78 is 0. The molecule has 2 aliphatic rings. The van der Waals surface area contributed by atoms with Crippen molar-refractivity contribution in [1.29, 1.82) is 0 Å². The minimum Gasteiger partial charge on any atom is -0.316 e. The van der Waals surface area contributed by atoms with Gasteiger partial charge in [0.05, 0.1) is 0 Å². The summed E-state index contributed by atoms with van der Waals surface area (Å²) in [4.78, 5) is 2.69. The van der Waals surface area contributed by atoms with Crippen molar-refractivity contribution in [1.82, 2.24) is 10.2 Å². The van der Waals surface area contributed by atoms with Crippen molar-refractivity contribution in [3.8, 4) is 0 Å². The summed E-state index contributed by atoms with van der Waals surface area (Å²) in [5.74, 6) is 2.81. The molecule has 2 aliphatic heterocycles. The van der Waals surface area contributed by atoms with Crippen LogP contribution in [-0.4, -0.2) is 37.6 Å². The van der Waals surface area contributed by atoms with Crippen LogP contribution in [0.5, 0.6) is 0 Å². The minimum absolute atomic E-state index is 0.889. The standard InChI is InChI=1S/C13H26N2.C2H6/c1-11(2)13-4-7-15(8-5-13)10-12-3-6-14-9-12;1-2/h11-14H,3-10H2,1-2H3;1-2H3/t12-;/m1./s1. The Morgan fingerprint density at radius 1 is 1.12 bits per heavy atom. The lowest BCUT2D eigenvalue weighted by molar-refractivity contribution is 0.142. The molecule has 0 radical (unpaired) electrons. The van der Waals surface area contributed by atoms with Crippen LogP contribution in [0.15, 0.2) is 0 Å². The number of hydrogen-bond acceptors (Lipinski definition) is 2. The van der Waals surface area contributed by atoms with Crippen molar-refractivity contribution in [2.45, 2.75) is 47.0 Å². The van der Waals surface area contributed by atoms with Gasteiger partial charge in [0.2, 0.25) is 0 Å². The zero-order chi connectivity index (χ0) is 12.7. The topological polar surface area (TPSA) is 15.3 Å². The molecule has 0 bridgehead atoms. The van der Waals surface area contributed by atoms with Crippen molar-refractivity contribution < 1.29 is 0 Å². The van der Waals surface area contributed by atoms with Gasteiger partial charge in [-0.1, -0.05) is 27.7 Å². The highest BCUT2D eigenvalue weighted by Crippen LogP contribution is 2.25. The van der Waals surface area contributed by atoms with Gasteiger partial charge >= 0.3 is 0 Å². The Kier molecular flexibility index (Phi) is 7.14. The lowest BCUT2D eigenvalue weighted by atomic mass is 9.86. The second-order valence-electron chi connectivity index (χ2n) is 5.74. The van der Waals surface area contributed by atoms with Gasteiger partial charge in [0, 0.05) is 6.54 Å². The van der Waals surface area contributed by atoms with Crippen LogP contribution in [0.3, 0.4) is 0 Å². The van der Waals surface area contributed by atoms with Crippen LogP contribution in [0.1, 0.15) is 47.0 Å². The van der Waals surface area contributed by atoms with Crippen molar-refractivity contribution in [3.63, 3.8) is 0 Å². The van der Waals surface area contributed by atoms with Gasteiger partial charge in [-0.25, -0.2) is 0 Å². The summed E-state index contributed by atoms with van der Waals surface area (Å²) in [5.41, 5.74) is 0. The van der Waals surface area contributed by atoms with Gasteiger partial charge in [-0.2, -0.15) is 0 Å². The SMILES string of the molecule is CC.CC(C)C1CCN(C[C@@H]2CCNC2)CC1. The maximum absolute atomic E-state index is 3.46. The highest BCUT2D eigenvalue weighted by Gasteiger charge is 2.24. The molecule has 0 aromatic carbocycles. The van der Waals surface area contributed by atoms with E-state index in [0.29, 0.717) is 0 Å². The van der Waals surface area contributed by atoms with E-state index in [0.717, 1.165) is 17.8 Å². The fraction of sp³-hybridized carbons (Fsp3) is 1.00. The number of piperidine rings is 1. The van der Waals surface area contributed by atoms with Crippen LogP contribution < -0.4 is 5.32 Å². The Hall–Kier alpha value is -0.0800. The zero-order valence-corrected chi connectivity index (χ0v) is 12.3. The summed E-state index contributed by atoms with van der Waals surface area (Å²) in [5, 5.41) is 3.46. The Labute approximate surface area is 108 Å². The summed E-state index contributed by atoms with van der Waals surface area (Å²) in [6.07, 6.45) is 4.25. The van der Waals surface area contributed by atoms with Gasteiger partial charge in [-0.05, 0) is 63.2 Å². The third-order valence-corrected chi connectivity index (χ3v) is 4.25. The van der Waals surface area contributed by atoms with Gasteiger partial charge < -0.3 is 10.2 Å².